The number of nitrogens with zero attached hydrogens (tertiary/aromatic N) is 4. The van der Waals surface area contributed by atoms with Crippen LogP contribution in [0.2, 0.25) is 0 Å². The van der Waals surface area contributed by atoms with Gasteiger partial charge >= 0.3 is 0 Å². The fourth-order valence-corrected chi connectivity index (χ4v) is 4.50. The molecule has 2 aromatic heterocycles. The molecule has 0 amide bonds. The molecule has 1 saturated heterocycles. The molecule has 1 fully saturated rings. The van der Waals surface area contributed by atoms with Gasteiger partial charge in [0.05, 0.1) is 23.8 Å². The molecular formula is C24H23N4O3S. The number of benzene rings is 2. The van der Waals surface area contributed by atoms with E-state index in [1.807, 2.05) is 24.3 Å². The number of fused-ring (bicyclic) bond motifs is 1. The van der Waals surface area contributed by atoms with Crippen molar-refractivity contribution in [2.75, 3.05) is 32.6 Å². The van der Waals surface area contributed by atoms with E-state index in [4.69, 9.17) is 14.8 Å². The predicted octanol–water partition coefficient (Wildman–Crippen LogP) is 3.10. The highest BCUT2D eigenvalue weighted by Gasteiger charge is 2.14. The van der Waals surface area contributed by atoms with Crippen LogP contribution in [0.1, 0.15) is 5.56 Å². The predicted molar refractivity (Wildman–Crippen MR) is 122 cm³/mol. The number of hydrogen-bond acceptors (Lipinski definition) is 6. The van der Waals surface area contributed by atoms with Gasteiger partial charge in [0.25, 0.3) is 0 Å². The maximum Gasteiger partial charge on any atom is 0.182 e. The van der Waals surface area contributed by atoms with E-state index in [0.29, 0.717) is 10.7 Å². The zero-order valence-electron chi connectivity index (χ0n) is 17.7. The molecule has 0 spiro atoms. The number of ether oxygens (including phenoxy) is 1. The van der Waals surface area contributed by atoms with Gasteiger partial charge in [-0.15, -0.1) is 5.10 Å². The lowest BCUT2D eigenvalue weighted by atomic mass is 10.1. The van der Waals surface area contributed by atoms with Crippen LogP contribution in [0.15, 0.2) is 65.6 Å². The van der Waals surface area contributed by atoms with E-state index in [9.17, 15) is 8.42 Å². The Morgan fingerprint density at radius 1 is 1.06 bits per heavy atom. The van der Waals surface area contributed by atoms with Gasteiger partial charge < -0.3 is 4.74 Å². The molecule has 2 aromatic carbocycles. The maximum atomic E-state index is 11.8. The second-order valence-corrected chi connectivity index (χ2v) is 9.93. The van der Waals surface area contributed by atoms with Crippen molar-refractivity contribution in [3.63, 3.8) is 0 Å². The van der Waals surface area contributed by atoms with Crippen molar-refractivity contribution < 1.29 is 13.2 Å². The second-order valence-electron chi connectivity index (χ2n) is 7.91. The summed E-state index contributed by atoms with van der Waals surface area (Å²) in [6.07, 6.45) is 1.20. The van der Waals surface area contributed by atoms with Crippen LogP contribution in [-0.2, 0) is 21.1 Å². The summed E-state index contributed by atoms with van der Waals surface area (Å²) in [6, 6.07) is 21.9. The van der Waals surface area contributed by atoms with Crippen LogP contribution in [0, 0.1) is 6.07 Å². The summed E-state index contributed by atoms with van der Waals surface area (Å²) in [5.74, 6) is 0.606. The molecule has 0 saturated carbocycles. The van der Waals surface area contributed by atoms with Gasteiger partial charge in [-0.2, -0.15) is 0 Å². The Hall–Kier alpha value is -3.07. The average molecular weight is 448 g/mol. The van der Waals surface area contributed by atoms with E-state index in [1.165, 1.54) is 11.8 Å². The molecule has 0 N–H and O–H groups in total. The van der Waals surface area contributed by atoms with Crippen molar-refractivity contribution >= 4 is 15.5 Å². The molecular weight excluding hydrogens is 424 g/mol. The minimum Gasteiger partial charge on any atom is -0.379 e. The highest BCUT2D eigenvalue weighted by molar-refractivity contribution is 7.90. The summed E-state index contributed by atoms with van der Waals surface area (Å²) in [7, 11) is -3.24. The Morgan fingerprint density at radius 2 is 1.84 bits per heavy atom. The SMILES string of the molecule is CS(=O)(=O)c1ccc(-c2cccc3nc(-c4[c]ccc(CN5CCOCC5)c4)nn23)cc1. The topological polar surface area (TPSA) is 76.8 Å². The molecule has 3 heterocycles. The Morgan fingerprint density at radius 3 is 2.59 bits per heavy atom. The lowest BCUT2D eigenvalue weighted by Gasteiger charge is -2.26. The van der Waals surface area contributed by atoms with Gasteiger partial charge in [0.1, 0.15) is 0 Å². The van der Waals surface area contributed by atoms with Crippen molar-refractivity contribution in [3.05, 3.63) is 72.3 Å². The number of pyridine rings is 1. The number of sulfone groups is 1. The minimum absolute atomic E-state index is 0.291. The molecule has 8 heteroatoms. The van der Waals surface area contributed by atoms with E-state index in [0.717, 1.165) is 55.3 Å². The summed E-state index contributed by atoms with van der Waals surface area (Å²) in [6.45, 7) is 4.27. The van der Waals surface area contributed by atoms with Crippen LogP contribution in [0.4, 0.5) is 0 Å². The first kappa shape index (κ1) is 20.8. The molecule has 32 heavy (non-hydrogen) atoms. The number of rotatable bonds is 5. The van der Waals surface area contributed by atoms with E-state index < -0.39 is 9.84 Å². The van der Waals surface area contributed by atoms with Crippen LogP contribution in [0.3, 0.4) is 0 Å². The third-order valence-electron chi connectivity index (χ3n) is 5.55. The molecule has 5 rings (SSSR count). The van der Waals surface area contributed by atoms with Crippen LogP contribution in [0.5, 0.6) is 0 Å². The molecule has 0 atom stereocenters. The fraction of sp³-hybridized carbons (Fsp3) is 0.250. The first-order valence-corrected chi connectivity index (χ1v) is 12.3. The first-order chi connectivity index (χ1) is 15.5. The summed E-state index contributed by atoms with van der Waals surface area (Å²) in [5, 5.41) is 4.74. The second kappa shape index (κ2) is 8.46. The summed E-state index contributed by atoms with van der Waals surface area (Å²) in [5.41, 5.74) is 4.46. The molecule has 0 bridgehead atoms. The summed E-state index contributed by atoms with van der Waals surface area (Å²) in [4.78, 5) is 7.37. The first-order valence-electron chi connectivity index (χ1n) is 10.4. The molecule has 4 aromatic rings. The average Bonchev–Trinajstić information content (AvgIpc) is 3.24. The van der Waals surface area contributed by atoms with E-state index in [1.54, 1.807) is 28.8 Å². The monoisotopic (exact) mass is 447 g/mol. The standard InChI is InChI=1S/C24H23N4O3S/c1-32(29,30)21-10-8-19(9-11-21)22-6-3-7-23-25-24(26-28(22)23)20-5-2-4-18(16-20)17-27-12-14-31-15-13-27/h2-4,6-11,16H,12-15,17H2,1H3. The van der Waals surface area contributed by atoms with Gasteiger partial charge in [0, 0.05) is 37.0 Å². The molecule has 0 unspecified atom stereocenters. The van der Waals surface area contributed by atoms with Crippen molar-refractivity contribution in [1.29, 1.82) is 0 Å². The lowest BCUT2D eigenvalue weighted by molar-refractivity contribution is 0.0342. The van der Waals surface area contributed by atoms with E-state index >= 15 is 0 Å². The maximum absolute atomic E-state index is 11.8. The van der Waals surface area contributed by atoms with Gasteiger partial charge in [0.15, 0.2) is 21.3 Å². The van der Waals surface area contributed by atoms with Gasteiger partial charge in [-0.05, 0) is 42.0 Å². The Labute approximate surface area is 187 Å². The quantitative estimate of drug-likeness (QED) is 0.468. The van der Waals surface area contributed by atoms with Crippen LogP contribution in [-0.4, -0.2) is 60.5 Å². The fourth-order valence-electron chi connectivity index (χ4n) is 3.87. The van der Waals surface area contributed by atoms with Gasteiger partial charge in [-0.1, -0.05) is 30.3 Å². The molecule has 163 valence electrons. The summed E-state index contributed by atoms with van der Waals surface area (Å²) >= 11 is 0. The van der Waals surface area contributed by atoms with E-state index in [2.05, 4.69) is 23.1 Å². The zero-order valence-corrected chi connectivity index (χ0v) is 18.5. The van der Waals surface area contributed by atoms with Crippen molar-refractivity contribution in [2.24, 2.45) is 0 Å². The Bertz CT molecular complexity index is 1360. The largest absolute Gasteiger partial charge is 0.379 e. The minimum atomic E-state index is -3.24. The Balaban J connectivity index is 1.47. The highest BCUT2D eigenvalue weighted by Crippen LogP contribution is 2.25. The van der Waals surface area contributed by atoms with Crippen LogP contribution >= 0.6 is 0 Å². The highest BCUT2D eigenvalue weighted by atomic mass is 32.2. The molecule has 0 aliphatic carbocycles. The molecule has 1 radical (unpaired) electrons. The normalized spacial score (nSPS) is 15.3. The molecule has 1 aliphatic heterocycles. The lowest BCUT2D eigenvalue weighted by Crippen LogP contribution is -2.35. The summed E-state index contributed by atoms with van der Waals surface area (Å²) < 4.78 is 30.8. The van der Waals surface area contributed by atoms with Crippen LogP contribution in [0.25, 0.3) is 28.3 Å². The third kappa shape index (κ3) is 4.29. The Kier molecular flexibility index (Phi) is 5.50. The van der Waals surface area contributed by atoms with Gasteiger partial charge in [-0.25, -0.2) is 17.9 Å². The molecule has 7 nitrogen and oxygen atoms in total. The van der Waals surface area contributed by atoms with Gasteiger partial charge in [-0.3, -0.25) is 4.90 Å². The smallest absolute Gasteiger partial charge is 0.182 e. The van der Waals surface area contributed by atoms with Crippen molar-refractivity contribution in [1.82, 2.24) is 19.5 Å². The zero-order chi connectivity index (χ0) is 22.1. The number of hydrogen-bond donors (Lipinski definition) is 0. The number of aromatic nitrogens is 3. The van der Waals surface area contributed by atoms with E-state index in [-0.39, 0.29) is 0 Å². The van der Waals surface area contributed by atoms with Crippen molar-refractivity contribution in [3.8, 4) is 22.6 Å². The van der Waals surface area contributed by atoms with Crippen LogP contribution < -0.4 is 0 Å². The van der Waals surface area contributed by atoms with Gasteiger partial charge in [0.2, 0.25) is 0 Å². The van der Waals surface area contributed by atoms with Crippen molar-refractivity contribution in [2.45, 2.75) is 11.4 Å². The third-order valence-corrected chi connectivity index (χ3v) is 6.68. The number of morpholine rings is 1. The molecule has 1 aliphatic rings.